The number of nitrogens with zero attached hydrogens (tertiary/aromatic N) is 2. The van der Waals surface area contributed by atoms with Gasteiger partial charge in [-0.15, -0.1) is 0 Å². The van der Waals surface area contributed by atoms with Gasteiger partial charge in [-0.05, 0) is 38.0 Å². The fraction of sp³-hybridized carbons (Fsp3) is 0.467. The summed E-state index contributed by atoms with van der Waals surface area (Å²) in [5, 5.41) is 4.19. The minimum Gasteiger partial charge on any atom is -0.339 e. The lowest BCUT2D eigenvalue weighted by atomic mass is 10.0. The highest BCUT2D eigenvalue weighted by Crippen LogP contribution is 2.28. The van der Waals surface area contributed by atoms with Crippen molar-refractivity contribution in [1.82, 2.24) is 10.1 Å². The normalized spacial score (nSPS) is 14.1. The molecule has 1 heterocycles. The van der Waals surface area contributed by atoms with E-state index in [-0.39, 0.29) is 17.0 Å². The third kappa shape index (κ3) is 4.25. The molecule has 0 amide bonds. The quantitative estimate of drug-likeness (QED) is 0.870. The van der Waals surface area contributed by atoms with Crippen molar-refractivity contribution < 1.29 is 8.91 Å². The molecule has 2 N–H and O–H groups in total. The lowest BCUT2D eigenvalue weighted by molar-refractivity contribution is 0.350. The molecule has 0 aliphatic heterocycles. The molecule has 1 aromatic carbocycles. The van der Waals surface area contributed by atoms with Gasteiger partial charge in [0.2, 0.25) is 11.7 Å². The zero-order valence-corrected chi connectivity index (χ0v) is 12.9. The Hall–Kier alpha value is -1.46. The molecule has 0 radical (unpaired) electrons. The van der Waals surface area contributed by atoms with Gasteiger partial charge in [-0.3, -0.25) is 0 Å². The van der Waals surface area contributed by atoms with Crippen LogP contribution in [0, 0.1) is 5.82 Å². The third-order valence-electron chi connectivity index (χ3n) is 3.33. The Morgan fingerprint density at radius 3 is 2.76 bits per heavy atom. The van der Waals surface area contributed by atoms with Gasteiger partial charge < -0.3 is 10.3 Å². The van der Waals surface area contributed by atoms with Crippen molar-refractivity contribution in [2.24, 2.45) is 5.73 Å². The average molecular weight is 312 g/mol. The number of aromatic nitrogens is 2. The van der Waals surface area contributed by atoms with Crippen LogP contribution >= 0.6 is 11.6 Å². The highest BCUT2D eigenvalue weighted by Gasteiger charge is 2.17. The van der Waals surface area contributed by atoms with E-state index in [1.54, 1.807) is 6.07 Å². The topological polar surface area (TPSA) is 64.9 Å². The Balaban J connectivity index is 2.07. The van der Waals surface area contributed by atoms with Gasteiger partial charge in [-0.2, -0.15) is 4.98 Å². The van der Waals surface area contributed by atoms with Crippen molar-refractivity contribution in [3.63, 3.8) is 0 Å². The summed E-state index contributed by atoms with van der Waals surface area (Å²) in [4.78, 5) is 4.35. The first-order valence-electron chi connectivity index (χ1n) is 7.02. The second-order valence-electron chi connectivity index (χ2n) is 5.39. The zero-order chi connectivity index (χ0) is 15.4. The summed E-state index contributed by atoms with van der Waals surface area (Å²) >= 11 is 6.00. The summed E-state index contributed by atoms with van der Waals surface area (Å²) in [6, 6.07) is 4.31. The molecule has 114 valence electrons. The lowest BCUT2D eigenvalue weighted by Gasteiger charge is -2.07. The average Bonchev–Trinajstić information content (AvgIpc) is 2.87. The van der Waals surface area contributed by atoms with E-state index < -0.39 is 5.82 Å². The van der Waals surface area contributed by atoms with Gasteiger partial charge in [0, 0.05) is 17.5 Å². The van der Waals surface area contributed by atoms with Crippen LogP contribution in [0.3, 0.4) is 0 Å². The van der Waals surface area contributed by atoms with E-state index in [0.717, 1.165) is 19.3 Å². The number of halogens is 2. The van der Waals surface area contributed by atoms with Crippen molar-refractivity contribution in [3.8, 4) is 11.4 Å². The molecule has 2 unspecified atom stereocenters. The predicted molar refractivity (Wildman–Crippen MR) is 80.6 cm³/mol. The molecule has 2 atom stereocenters. The van der Waals surface area contributed by atoms with E-state index in [1.807, 2.05) is 13.8 Å². The molecule has 2 rings (SSSR count). The smallest absolute Gasteiger partial charge is 0.229 e. The number of benzene rings is 1. The first kappa shape index (κ1) is 15.9. The number of hydrogen-bond donors (Lipinski definition) is 1. The molecule has 1 aromatic heterocycles. The van der Waals surface area contributed by atoms with Gasteiger partial charge in [0.1, 0.15) is 5.82 Å². The van der Waals surface area contributed by atoms with Crippen molar-refractivity contribution in [2.75, 3.05) is 0 Å². The van der Waals surface area contributed by atoms with Gasteiger partial charge in [-0.1, -0.05) is 30.1 Å². The molecule has 21 heavy (non-hydrogen) atoms. The maximum Gasteiger partial charge on any atom is 0.229 e. The lowest BCUT2D eigenvalue weighted by Crippen LogP contribution is -2.14. The summed E-state index contributed by atoms with van der Waals surface area (Å²) in [6.07, 6.45) is 2.91. The minimum atomic E-state index is -0.392. The maximum absolute atomic E-state index is 13.0. The fourth-order valence-corrected chi connectivity index (χ4v) is 2.34. The molecule has 0 saturated heterocycles. The Kier molecular flexibility index (Phi) is 5.31. The second-order valence-corrected chi connectivity index (χ2v) is 5.80. The number of nitrogens with two attached hydrogens (primary N) is 1. The van der Waals surface area contributed by atoms with Crippen molar-refractivity contribution in [2.45, 2.75) is 45.1 Å². The molecule has 0 bridgehead atoms. The highest BCUT2D eigenvalue weighted by molar-refractivity contribution is 6.33. The van der Waals surface area contributed by atoms with Crippen molar-refractivity contribution in [3.05, 3.63) is 34.9 Å². The second kappa shape index (κ2) is 7.00. The van der Waals surface area contributed by atoms with Gasteiger partial charge in [-0.25, -0.2) is 4.39 Å². The van der Waals surface area contributed by atoms with Crippen LogP contribution in [0.2, 0.25) is 5.02 Å². The van der Waals surface area contributed by atoms with E-state index in [0.29, 0.717) is 17.3 Å². The molecular weight excluding hydrogens is 293 g/mol. The maximum atomic E-state index is 13.0. The van der Waals surface area contributed by atoms with Crippen LogP contribution in [0.1, 0.15) is 44.9 Å². The standard InChI is InChI=1S/C15H19ClFN3O/c1-9(4-3-5-10(2)18)15-19-14(20-21-15)12-7-6-11(17)8-13(12)16/h6-10H,3-5,18H2,1-2H3. The van der Waals surface area contributed by atoms with Crippen LogP contribution in [0.15, 0.2) is 22.7 Å². The Labute approximate surface area is 128 Å². The molecular formula is C15H19ClFN3O. The van der Waals surface area contributed by atoms with E-state index in [1.165, 1.54) is 12.1 Å². The van der Waals surface area contributed by atoms with Crippen LogP contribution < -0.4 is 5.73 Å². The summed E-state index contributed by atoms with van der Waals surface area (Å²) in [7, 11) is 0. The molecule has 6 heteroatoms. The Bertz CT molecular complexity index is 600. The minimum absolute atomic E-state index is 0.157. The van der Waals surface area contributed by atoms with E-state index in [4.69, 9.17) is 21.9 Å². The summed E-state index contributed by atoms with van der Waals surface area (Å²) in [5.41, 5.74) is 6.30. The first-order chi connectivity index (χ1) is 9.97. The molecule has 2 aromatic rings. The Morgan fingerprint density at radius 2 is 2.10 bits per heavy atom. The largest absolute Gasteiger partial charge is 0.339 e. The van der Waals surface area contributed by atoms with E-state index >= 15 is 0 Å². The number of rotatable bonds is 6. The molecule has 0 aliphatic rings. The summed E-state index contributed by atoms with van der Waals surface area (Å²) in [5.74, 6) is 0.713. The first-order valence-corrected chi connectivity index (χ1v) is 7.39. The fourth-order valence-electron chi connectivity index (χ4n) is 2.09. The van der Waals surface area contributed by atoms with Crippen LogP contribution in [0.4, 0.5) is 4.39 Å². The third-order valence-corrected chi connectivity index (χ3v) is 3.64. The number of hydrogen-bond acceptors (Lipinski definition) is 4. The zero-order valence-electron chi connectivity index (χ0n) is 12.1. The summed E-state index contributed by atoms with van der Waals surface area (Å²) < 4.78 is 18.3. The van der Waals surface area contributed by atoms with Crippen molar-refractivity contribution in [1.29, 1.82) is 0 Å². The van der Waals surface area contributed by atoms with Crippen LogP contribution in [-0.4, -0.2) is 16.2 Å². The molecule has 0 aliphatic carbocycles. The van der Waals surface area contributed by atoms with E-state index in [9.17, 15) is 4.39 Å². The van der Waals surface area contributed by atoms with E-state index in [2.05, 4.69) is 10.1 Å². The van der Waals surface area contributed by atoms with Crippen LogP contribution in [-0.2, 0) is 0 Å². The predicted octanol–water partition coefficient (Wildman–Crippen LogP) is 4.15. The monoisotopic (exact) mass is 311 g/mol. The van der Waals surface area contributed by atoms with Gasteiger partial charge in [0.15, 0.2) is 0 Å². The Morgan fingerprint density at radius 1 is 1.33 bits per heavy atom. The molecule has 4 nitrogen and oxygen atoms in total. The molecule has 0 saturated carbocycles. The van der Waals surface area contributed by atoms with Gasteiger partial charge >= 0.3 is 0 Å². The van der Waals surface area contributed by atoms with Crippen LogP contribution in [0.5, 0.6) is 0 Å². The van der Waals surface area contributed by atoms with Crippen molar-refractivity contribution >= 4 is 11.6 Å². The highest BCUT2D eigenvalue weighted by atomic mass is 35.5. The SMILES string of the molecule is CC(N)CCCC(C)c1nc(-c2ccc(F)cc2Cl)no1. The molecule has 0 fully saturated rings. The van der Waals surface area contributed by atoms with Gasteiger partial charge in [0.05, 0.1) is 5.02 Å². The summed E-state index contributed by atoms with van der Waals surface area (Å²) in [6.45, 7) is 4.02. The van der Waals surface area contributed by atoms with Crippen LogP contribution in [0.25, 0.3) is 11.4 Å². The molecule has 0 spiro atoms. The van der Waals surface area contributed by atoms with Gasteiger partial charge in [0.25, 0.3) is 0 Å².